The van der Waals surface area contributed by atoms with Gasteiger partial charge in [0.25, 0.3) is 0 Å². The van der Waals surface area contributed by atoms with Gasteiger partial charge in [-0.15, -0.1) is 0 Å². The lowest BCUT2D eigenvalue weighted by atomic mass is 9.99. The summed E-state index contributed by atoms with van der Waals surface area (Å²) in [6, 6.07) is 21.4. The second kappa shape index (κ2) is 9.27. The highest BCUT2D eigenvalue weighted by molar-refractivity contribution is 6.15. The van der Waals surface area contributed by atoms with Crippen LogP contribution >= 0.6 is 0 Å². The van der Waals surface area contributed by atoms with E-state index in [1.807, 2.05) is 31.1 Å². The van der Waals surface area contributed by atoms with Gasteiger partial charge >= 0.3 is 0 Å². The van der Waals surface area contributed by atoms with Crippen molar-refractivity contribution in [3.05, 3.63) is 78.0 Å². The van der Waals surface area contributed by atoms with Crippen molar-refractivity contribution in [2.24, 2.45) is 4.99 Å². The summed E-state index contributed by atoms with van der Waals surface area (Å²) in [4.78, 5) is 12.4. The molecule has 0 bridgehead atoms. The van der Waals surface area contributed by atoms with Crippen molar-refractivity contribution in [1.82, 2.24) is 15.6 Å². The Hall–Kier alpha value is -4.10. The van der Waals surface area contributed by atoms with Gasteiger partial charge in [0.15, 0.2) is 5.96 Å². The number of rotatable bonds is 6. The van der Waals surface area contributed by atoms with Crippen LogP contribution in [-0.4, -0.2) is 51.5 Å². The molecule has 0 saturated carbocycles. The average molecular weight is 466 g/mol. The van der Waals surface area contributed by atoms with E-state index in [0.717, 1.165) is 41.3 Å². The van der Waals surface area contributed by atoms with E-state index >= 15 is 0 Å². The number of fused-ring (bicyclic) bond motifs is 2. The van der Waals surface area contributed by atoms with E-state index in [9.17, 15) is 0 Å². The molecule has 0 spiro atoms. The monoisotopic (exact) mass is 465 g/mol. The number of hydrogen-bond acceptors (Lipinski definition) is 4. The highest BCUT2D eigenvalue weighted by Gasteiger charge is 2.20. The molecule has 1 aliphatic rings. The summed E-state index contributed by atoms with van der Waals surface area (Å²) in [6.07, 6.45) is 2.84. The number of guanidine groups is 1. The second-order valence-corrected chi connectivity index (χ2v) is 8.93. The van der Waals surface area contributed by atoms with Crippen molar-refractivity contribution in [3.8, 4) is 11.1 Å². The maximum atomic E-state index is 8.04. The fourth-order valence-corrected chi connectivity index (χ4v) is 4.62. The van der Waals surface area contributed by atoms with Gasteiger partial charge in [-0.2, -0.15) is 0 Å². The first-order chi connectivity index (χ1) is 17.0. The number of nitrogens with zero attached hydrogens (tertiary/aromatic N) is 3. The van der Waals surface area contributed by atoms with Gasteiger partial charge in [-0.3, -0.25) is 10.4 Å². The summed E-state index contributed by atoms with van der Waals surface area (Å²) in [5.74, 6) is 0.356. The molecule has 0 fully saturated rings. The quantitative estimate of drug-likeness (QED) is 0.189. The molecular formula is C28H31N7. The van der Waals surface area contributed by atoms with Gasteiger partial charge in [-0.1, -0.05) is 18.2 Å². The minimum atomic E-state index is 0.356. The van der Waals surface area contributed by atoms with E-state index < -0.39 is 0 Å². The maximum absolute atomic E-state index is 8.04. The van der Waals surface area contributed by atoms with Crippen molar-refractivity contribution in [2.45, 2.75) is 6.42 Å². The van der Waals surface area contributed by atoms with Crippen molar-refractivity contribution >= 4 is 39.6 Å². The number of aliphatic imine (C=N–C) groups is 1. The molecule has 1 aliphatic heterocycles. The first-order valence-corrected chi connectivity index (χ1v) is 11.8. The zero-order valence-electron chi connectivity index (χ0n) is 20.6. The minimum absolute atomic E-state index is 0.356. The number of benzene rings is 3. The zero-order chi connectivity index (χ0) is 24.5. The molecule has 0 amide bonds. The van der Waals surface area contributed by atoms with Gasteiger partial charge < -0.3 is 25.4 Å². The summed E-state index contributed by atoms with van der Waals surface area (Å²) in [6.45, 7) is 0.804. The molecule has 178 valence electrons. The Morgan fingerprint density at radius 1 is 0.971 bits per heavy atom. The summed E-state index contributed by atoms with van der Waals surface area (Å²) in [7, 11) is 7.68. The molecule has 35 heavy (non-hydrogen) atoms. The van der Waals surface area contributed by atoms with Crippen LogP contribution in [0.1, 0.15) is 11.1 Å². The van der Waals surface area contributed by atoms with Crippen LogP contribution in [0.2, 0.25) is 0 Å². The highest BCUT2D eigenvalue weighted by Crippen LogP contribution is 2.35. The van der Waals surface area contributed by atoms with Gasteiger partial charge in [-0.25, -0.2) is 0 Å². The Bertz CT molecular complexity index is 1420. The smallest absolute Gasteiger partial charge is 0.195 e. The van der Waals surface area contributed by atoms with Gasteiger partial charge in [-0.05, 0) is 66.2 Å². The Kier molecular flexibility index (Phi) is 6.01. The normalized spacial score (nSPS) is 12.4. The number of hydrogen-bond donors (Lipinski definition) is 4. The first kappa shape index (κ1) is 22.7. The third kappa shape index (κ3) is 4.26. The van der Waals surface area contributed by atoms with E-state index in [-0.39, 0.29) is 0 Å². The van der Waals surface area contributed by atoms with Crippen LogP contribution in [0.5, 0.6) is 0 Å². The van der Waals surface area contributed by atoms with Gasteiger partial charge in [0.2, 0.25) is 0 Å². The first-order valence-electron chi connectivity index (χ1n) is 11.8. The SMILES string of the molecule is CNCN(C)c1ccc(-c2ccc3[nH]cc(C4=Nc5ccc(N(C)C(=N)NC)cc5C4)c3c2)cc1. The Labute approximate surface area is 206 Å². The molecule has 7 nitrogen and oxygen atoms in total. The molecular weight excluding hydrogens is 434 g/mol. The third-order valence-corrected chi connectivity index (χ3v) is 6.67. The molecule has 7 heteroatoms. The second-order valence-electron chi connectivity index (χ2n) is 8.93. The molecule has 3 aromatic carbocycles. The number of anilines is 2. The lowest BCUT2D eigenvalue weighted by molar-refractivity contribution is 0.776. The van der Waals surface area contributed by atoms with Crippen LogP contribution in [0.15, 0.2) is 71.9 Å². The molecule has 0 aliphatic carbocycles. The fraction of sp³-hybridized carbons (Fsp3) is 0.214. The van der Waals surface area contributed by atoms with Gasteiger partial charge in [0.1, 0.15) is 0 Å². The molecule has 2 heterocycles. The predicted molar refractivity (Wildman–Crippen MR) is 148 cm³/mol. The molecule has 1 aromatic heterocycles. The van der Waals surface area contributed by atoms with Crippen LogP contribution in [0.3, 0.4) is 0 Å². The van der Waals surface area contributed by atoms with Crippen LogP contribution in [0.25, 0.3) is 22.0 Å². The van der Waals surface area contributed by atoms with E-state index in [1.165, 1.54) is 27.8 Å². The Morgan fingerprint density at radius 3 is 2.46 bits per heavy atom. The summed E-state index contributed by atoms with van der Waals surface area (Å²) >= 11 is 0. The van der Waals surface area contributed by atoms with Crippen molar-refractivity contribution in [1.29, 1.82) is 5.41 Å². The molecule has 0 saturated heterocycles. The number of aromatic amines is 1. The topological polar surface area (TPSA) is 82.5 Å². The molecule has 4 aromatic rings. The summed E-state index contributed by atoms with van der Waals surface area (Å²) < 4.78 is 0. The van der Waals surface area contributed by atoms with Crippen molar-refractivity contribution in [3.63, 3.8) is 0 Å². The molecule has 0 unspecified atom stereocenters. The van der Waals surface area contributed by atoms with E-state index in [0.29, 0.717) is 5.96 Å². The Morgan fingerprint density at radius 2 is 1.71 bits per heavy atom. The third-order valence-electron chi connectivity index (χ3n) is 6.67. The van der Waals surface area contributed by atoms with Crippen LogP contribution in [-0.2, 0) is 6.42 Å². The zero-order valence-corrected chi connectivity index (χ0v) is 20.6. The van der Waals surface area contributed by atoms with E-state index in [4.69, 9.17) is 10.4 Å². The Balaban J connectivity index is 1.43. The largest absolute Gasteiger partial charge is 0.362 e. The van der Waals surface area contributed by atoms with E-state index in [2.05, 4.69) is 82.3 Å². The molecule has 5 rings (SSSR count). The highest BCUT2D eigenvalue weighted by atomic mass is 15.2. The van der Waals surface area contributed by atoms with Gasteiger partial charge in [0.05, 0.1) is 18.1 Å². The van der Waals surface area contributed by atoms with Crippen molar-refractivity contribution < 1.29 is 0 Å². The minimum Gasteiger partial charge on any atom is -0.362 e. The number of H-pyrrole nitrogens is 1. The molecule has 0 radical (unpaired) electrons. The number of aromatic nitrogens is 1. The molecule has 0 atom stereocenters. The lowest BCUT2D eigenvalue weighted by Gasteiger charge is -2.20. The summed E-state index contributed by atoms with van der Waals surface area (Å²) in [5.41, 5.74) is 10.0. The lowest BCUT2D eigenvalue weighted by Crippen LogP contribution is -2.35. The van der Waals surface area contributed by atoms with Crippen LogP contribution in [0, 0.1) is 5.41 Å². The molecule has 4 N–H and O–H groups in total. The number of nitrogens with one attached hydrogen (secondary N) is 4. The van der Waals surface area contributed by atoms with Crippen LogP contribution < -0.4 is 20.4 Å². The van der Waals surface area contributed by atoms with Crippen LogP contribution in [0.4, 0.5) is 17.1 Å². The van der Waals surface area contributed by atoms with E-state index in [1.54, 1.807) is 7.05 Å². The fourth-order valence-electron chi connectivity index (χ4n) is 4.62. The predicted octanol–water partition coefficient (Wildman–Crippen LogP) is 4.72. The maximum Gasteiger partial charge on any atom is 0.195 e. The standard InChI is InChI=1S/C28H31N7/c1-30-17-34(3)21-8-5-18(6-9-21)19-7-11-26-23(14-19)24(16-32-26)27-15-20-13-22(10-12-25(20)33-27)35(4)28(29)31-2/h5-14,16,30,32H,15,17H2,1-4H3,(H2,29,31). The average Bonchev–Trinajstić information content (AvgIpc) is 3.51. The van der Waals surface area contributed by atoms with Crippen molar-refractivity contribution in [2.75, 3.05) is 44.7 Å². The summed E-state index contributed by atoms with van der Waals surface area (Å²) in [5, 5.41) is 15.3. The van der Waals surface area contributed by atoms with Gasteiger partial charge in [0, 0.05) is 61.6 Å².